The SMILES string of the molecule is CCNCC(C)(CC1Cc2ccccc2O1)C1CC1. The molecule has 1 N–H and O–H groups in total. The van der Waals surface area contributed by atoms with Crippen molar-refractivity contribution in [2.24, 2.45) is 11.3 Å². The highest BCUT2D eigenvalue weighted by atomic mass is 16.5. The van der Waals surface area contributed by atoms with Gasteiger partial charge in [-0.3, -0.25) is 0 Å². The van der Waals surface area contributed by atoms with Crippen LogP contribution in [0, 0.1) is 11.3 Å². The van der Waals surface area contributed by atoms with Crippen molar-refractivity contribution in [1.29, 1.82) is 0 Å². The zero-order valence-corrected chi connectivity index (χ0v) is 12.1. The van der Waals surface area contributed by atoms with Crippen molar-refractivity contribution in [3.8, 4) is 5.75 Å². The molecule has 2 heteroatoms. The second-order valence-corrected chi connectivity index (χ2v) is 6.46. The van der Waals surface area contributed by atoms with Gasteiger partial charge < -0.3 is 10.1 Å². The van der Waals surface area contributed by atoms with E-state index in [4.69, 9.17) is 4.74 Å². The molecule has 1 aliphatic carbocycles. The van der Waals surface area contributed by atoms with Gasteiger partial charge >= 0.3 is 0 Å². The third kappa shape index (κ3) is 2.79. The minimum atomic E-state index is 0.377. The minimum Gasteiger partial charge on any atom is -0.490 e. The summed E-state index contributed by atoms with van der Waals surface area (Å²) in [7, 11) is 0. The first-order chi connectivity index (χ1) is 9.21. The van der Waals surface area contributed by atoms with Gasteiger partial charge in [0.15, 0.2) is 0 Å². The van der Waals surface area contributed by atoms with Crippen molar-refractivity contribution in [1.82, 2.24) is 5.32 Å². The van der Waals surface area contributed by atoms with Gasteiger partial charge in [0.2, 0.25) is 0 Å². The first-order valence-corrected chi connectivity index (χ1v) is 7.66. The molecule has 3 rings (SSSR count). The average molecular weight is 259 g/mol. The third-order valence-electron chi connectivity index (χ3n) is 4.75. The first-order valence-electron chi connectivity index (χ1n) is 7.66. The number of hydrogen-bond acceptors (Lipinski definition) is 2. The van der Waals surface area contributed by atoms with Crippen LogP contribution in [-0.4, -0.2) is 19.2 Å². The fourth-order valence-electron chi connectivity index (χ4n) is 3.46. The standard InChI is InChI=1S/C17H25NO/c1-3-18-12-17(2,14-8-9-14)11-15-10-13-6-4-5-7-16(13)19-15/h4-7,14-15,18H,3,8-12H2,1-2H3. The molecule has 2 nitrogen and oxygen atoms in total. The second-order valence-electron chi connectivity index (χ2n) is 6.46. The van der Waals surface area contributed by atoms with Crippen LogP contribution >= 0.6 is 0 Å². The van der Waals surface area contributed by atoms with Crippen LogP contribution in [-0.2, 0) is 6.42 Å². The molecule has 0 radical (unpaired) electrons. The molecule has 19 heavy (non-hydrogen) atoms. The van der Waals surface area contributed by atoms with E-state index in [0.717, 1.165) is 31.2 Å². The maximum absolute atomic E-state index is 6.13. The van der Waals surface area contributed by atoms with Crippen LogP contribution in [0.25, 0.3) is 0 Å². The average Bonchev–Trinajstić information content (AvgIpc) is 3.18. The summed E-state index contributed by atoms with van der Waals surface area (Å²) in [6, 6.07) is 8.49. The van der Waals surface area contributed by atoms with Crippen molar-refractivity contribution in [3.05, 3.63) is 29.8 Å². The smallest absolute Gasteiger partial charge is 0.123 e. The van der Waals surface area contributed by atoms with Crippen LogP contribution in [0.3, 0.4) is 0 Å². The molecule has 1 aliphatic heterocycles. The minimum absolute atomic E-state index is 0.377. The molecule has 2 aliphatic rings. The zero-order valence-electron chi connectivity index (χ0n) is 12.1. The molecule has 0 aromatic heterocycles. The van der Waals surface area contributed by atoms with Gasteiger partial charge in [0.05, 0.1) is 0 Å². The molecular weight excluding hydrogens is 234 g/mol. The molecule has 104 valence electrons. The Labute approximate surface area is 116 Å². The Bertz CT molecular complexity index is 416. The molecular formula is C17H25NO. The van der Waals surface area contributed by atoms with Crippen LogP contribution in [0.4, 0.5) is 0 Å². The van der Waals surface area contributed by atoms with Crippen molar-refractivity contribution in [2.75, 3.05) is 13.1 Å². The summed E-state index contributed by atoms with van der Waals surface area (Å²) in [5, 5.41) is 3.55. The highest BCUT2D eigenvalue weighted by Gasteiger charge is 2.43. The number of hydrogen-bond donors (Lipinski definition) is 1. The molecule has 0 bridgehead atoms. The predicted octanol–water partition coefficient (Wildman–Crippen LogP) is 3.41. The van der Waals surface area contributed by atoms with Crippen LogP contribution in [0.5, 0.6) is 5.75 Å². The Morgan fingerprint density at radius 2 is 2.11 bits per heavy atom. The van der Waals surface area contributed by atoms with Gasteiger partial charge in [-0.05, 0) is 48.8 Å². The Morgan fingerprint density at radius 3 is 2.79 bits per heavy atom. The van der Waals surface area contributed by atoms with Crippen molar-refractivity contribution in [2.45, 2.75) is 45.6 Å². The number of fused-ring (bicyclic) bond motifs is 1. The molecule has 1 aromatic rings. The maximum atomic E-state index is 6.13. The zero-order chi connectivity index (χ0) is 13.3. The van der Waals surface area contributed by atoms with E-state index in [1.807, 2.05) is 0 Å². The molecule has 0 amide bonds. The molecule has 2 atom stereocenters. The second kappa shape index (κ2) is 5.16. The summed E-state index contributed by atoms with van der Waals surface area (Å²) < 4.78 is 6.13. The predicted molar refractivity (Wildman–Crippen MR) is 78.6 cm³/mol. The molecule has 1 aromatic carbocycles. The Morgan fingerprint density at radius 1 is 1.32 bits per heavy atom. The highest BCUT2D eigenvalue weighted by Crippen LogP contribution is 2.49. The molecule has 1 fully saturated rings. The van der Waals surface area contributed by atoms with E-state index in [0.29, 0.717) is 11.5 Å². The fraction of sp³-hybridized carbons (Fsp3) is 0.647. The quantitative estimate of drug-likeness (QED) is 0.845. The summed E-state index contributed by atoms with van der Waals surface area (Å²) in [5.74, 6) is 2.01. The van der Waals surface area contributed by atoms with Gasteiger partial charge in [0, 0.05) is 13.0 Å². The summed E-state index contributed by atoms with van der Waals surface area (Å²) in [4.78, 5) is 0. The summed E-state index contributed by atoms with van der Waals surface area (Å²) in [6.07, 6.45) is 5.45. The lowest BCUT2D eigenvalue weighted by molar-refractivity contribution is 0.126. The lowest BCUT2D eigenvalue weighted by Crippen LogP contribution is -2.37. The lowest BCUT2D eigenvalue weighted by atomic mass is 9.78. The van der Waals surface area contributed by atoms with Gasteiger partial charge in [0.1, 0.15) is 11.9 Å². The van der Waals surface area contributed by atoms with Gasteiger partial charge in [-0.2, -0.15) is 0 Å². The molecule has 1 saturated carbocycles. The van der Waals surface area contributed by atoms with E-state index in [2.05, 4.69) is 43.4 Å². The largest absolute Gasteiger partial charge is 0.490 e. The number of nitrogens with one attached hydrogen (secondary N) is 1. The van der Waals surface area contributed by atoms with Crippen molar-refractivity contribution in [3.63, 3.8) is 0 Å². The van der Waals surface area contributed by atoms with E-state index in [1.165, 1.54) is 24.8 Å². The van der Waals surface area contributed by atoms with Crippen LogP contribution in [0.15, 0.2) is 24.3 Å². The lowest BCUT2D eigenvalue weighted by Gasteiger charge is -2.32. The normalized spacial score (nSPS) is 24.6. The fourth-order valence-corrected chi connectivity index (χ4v) is 3.46. The summed E-state index contributed by atoms with van der Waals surface area (Å²) >= 11 is 0. The number of ether oxygens (including phenoxy) is 1. The van der Waals surface area contributed by atoms with Crippen LogP contribution in [0.1, 0.15) is 38.7 Å². The number of benzene rings is 1. The van der Waals surface area contributed by atoms with E-state index in [1.54, 1.807) is 0 Å². The molecule has 1 heterocycles. The first kappa shape index (κ1) is 13.0. The molecule has 0 saturated heterocycles. The molecule has 0 spiro atoms. The van der Waals surface area contributed by atoms with Crippen molar-refractivity contribution >= 4 is 0 Å². The molecule has 2 unspecified atom stereocenters. The van der Waals surface area contributed by atoms with Crippen LogP contribution < -0.4 is 10.1 Å². The Kier molecular flexibility index (Phi) is 3.53. The van der Waals surface area contributed by atoms with Gasteiger partial charge in [-0.1, -0.05) is 32.0 Å². The van der Waals surface area contributed by atoms with E-state index in [-0.39, 0.29) is 0 Å². The number of rotatable bonds is 6. The maximum Gasteiger partial charge on any atom is 0.123 e. The van der Waals surface area contributed by atoms with E-state index >= 15 is 0 Å². The Hall–Kier alpha value is -1.02. The van der Waals surface area contributed by atoms with Gasteiger partial charge in [-0.15, -0.1) is 0 Å². The van der Waals surface area contributed by atoms with Crippen LogP contribution in [0.2, 0.25) is 0 Å². The van der Waals surface area contributed by atoms with E-state index < -0.39 is 0 Å². The summed E-state index contributed by atoms with van der Waals surface area (Å²) in [6.45, 7) is 6.83. The van der Waals surface area contributed by atoms with E-state index in [9.17, 15) is 0 Å². The highest BCUT2D eigenvalue weighted by molar-refractivity contribution is 5.37. The van der Waals surface area contributed by atoms with Gasteiger partial charge in [-0.25, -0.2) is 0 Å². The number of para-hydroxylation sites is 1. The van der Waals surface area contributed by atoms with Crippen molar-refractivity contribution < 1.29 is 4.74 Å². The summed E-state index contributed by atoms with van der Waals surface area (Å²) in [5.41, 5.74) is 1.79. The Balaban J connectivity index is 1.64. The third-order valence-corrected chi connectivity index (χ3v) is 4.75. The topological polar surface area (TPSA) is 21.3 Å². The monoisotopic (exact) mass is 259 g/mol. The van der Waals surface area contributed by atoms with Gasteiger partial charge in [0.25, 0.3) is 0 Å².